The Labute approximate surface area is 155 Å². The van der Waals surface area contributed by atoms with Gasteiger partial charge in [-0.05, 0) is 31.2 Å². The number of carbonyl (C=O) groups is 1. The van der Waals surface area contributed by atoms with Crippen LogP contribution in [0.25, 0.3) is 22.4 Å². The lowest BCUT2D eigenvalue weighted by Gasteiger charge is -2.08. The number of benzene rings is 1. The summed E-state index contributed by atoms with van der Waals surface area (Å²) in [4.78, 5) is 17.3. The van der Waals surface area contributed by atoms with E-state index in [1.54, 1.807) is 6.07 Å². The number of aromatic nitrogens is 3. The van der Waals surface area contributed by atoms with E-state index in [2.05, 4.69) is 15.2 Å². The topological polar surface area (TPSA) is 91.2 Å². The summed E-state index contributed by atoms with van der Waals surface area (Å²) in [6.45, 7) is 3.68. The number of furan rings is 1. The predicted octanol–water partition coefficient (Wildman–Crippen LogP) is 4.11. The average Bonchev–Trinajstić information content (AvgIpc) is 3.34. The van der Waals surface area contributed by atoms with Gasteiger partial charge in [-0.3, -0.25) is 0 Å². The summed E-state index contributed by atoms with van der Waals surface area (Å²) < 4.78 is 16.4. The maximum absolute atomic E-state index is 12.7. The molecule has 4 aromatic rings. The molecule has 0 radical (unpaired) electrons. The molecule has 0 N–H and O–H groups in total. The van der Waals surface area contributed by atoms with E-state index in [0.717, 1.165) is 5.76 Å². The standard InChI is InChI=1S/C20H17N3O4/c1-3-18-22-23-19(27-18)11-25-20(24)14-10-16(17-9-8-12(2)26-17)21-15-7-5-4-6-13(14)15/h4-10H,3,11H2,1-2H3. The van der Waals surface area contributed by atoms with Crippen LogP contribution in [-0.4, -0.2) is 21.2 Å². The minimum Gasteiger partial charge on any atom is -0.460 e. The Bertz CT molecular complexity index is 1110. The van der Waals surface area contributed by atoms with Gasteiger partial charge >= 0.3 is 5.97 Å². The highest BCUT2D eigenvalue weighted by Gasteiger charge is 2.17. The summed E-state index contributed by atoms with van der Waals surface area (Å²) in [5.41, 5.74) is 1.65. The molecule has 1 aromatic carbocycles. The molecule has 0 atom stereocenters. The lowest BCUT2D eigenvalue weighted by atomic mass is 10.1. The number of pyridine rings is 1. The number of fused-ring (bicyclic) bond motifs is 1. The van der Waals surface area contributed by atoms with Crippen molar-refractivity contribution >= 4 is 16.9 Å². The molecule has 0 aliphatic heterocycles. The zero-order valence-corrected chi connectivity index (χ0v) is 14.9. The molecular formula is C20H17N3O4. The molecular weight excluding hydrogens is 346 g/mol. The molecule has 0 amide bonds. The Morgan fingerprint density at radius 2 is 1.89 bits per heavy atom. The number of rotatable bonds is 5. The third-order valence-corrected chi connectivity index (χ3v) is 4.07. The van der Waals surface area contributed by atoms with Crippen LogP contribution in [0.1, 0.15) is 34.8 Å². The van der Waals surface area contributed by atoms with Gasteiger partial charge in [-0.1, -0.05) is 25.1 Å². The van der Waals surface area contributed by atoms with Gasteiger partial charge in [0.05, 0.1) is 11.1 Å². The largest absolute Gasteiger partial charge is 0.460 e. The van der Waals surface area contributed by atoms with Crippen molar-refractivity contribution in [2.75, 3.05) is 0 Å². The Hall–Kier alpha value is -3.48. The van der Waals surface area contributed by atoms with Gasteiger partial charge in [0.15, 0.2) is 12.4 Å². The van der Waals surface area contributed by atoms with E-state index in [4.69, 9.17) is 13.6 Å². The molecule has 0 saturated carbocycles. The van der Waals surface area contributed by atoms with Crippen LogP contribution in [0.15, 0.2) is 51.3 Å². The quantitative estimate of drug-likeness (QED) is 0.493. The monoisotopic (exact) mass is 363 g/mol. The van der Waals surface area contributed by atoms with Gasteiger partial charge in [0.1, 0.15) is 11.5 Å². The summed E-state index contributed by atoms with van der Waals surface area (Å²) in [6.07, 6.45) is 0.627. The smallest absolute Gasteiger partial charge is 0.339 e. The average molecular weight is 363 g/mol. The molecule has 3 heterocycles. The molecule has 0 saturated heterocycles. The number of ether oxygens (including phenoxy) is 1. The van der Waals surface area contributed by atoms with E-state index in [9.17, 15) is 4.79 Å². The fourth-order valence-corrected chi connectivity index (χ4v) is 2.74. The predicted molar refractivity (Wildman–Crippen MR) is 97.0 cm³/mol. The Morgan fingerprint density at radius 3 is 2.63 bits per heavy atom. The van der Waals surface area contributed by atoms with Crippen molar-refractivity contribution < 1.29 is 18.4 Å². The number of esters is 1. The van der Waals surface area contributed by atoms with Crippen molar-refractivity contribution in [1.29, 1.82) is 0 Å². The third kappa shape index (κ3) is 3.44. The van der Waals surface area contributed by atoms with Crippen molar-refractivity contribution in [2.45, 2.75) is 26.9 Å². The molecule has 27 heavy (non-hydrogen) atoms. The van der Waals surface area contributed by atoms with Gasteiger partial charge in [-0.2, -0.15) is 0 Å². The van der Waals surface area contributed by atoms with E-state index in [1.165, 1.54) is 0 Å². The van der Waals surface area contributed by atoms with E-state index < -0.39 is 5.97 Å². The van der Waals surface area contributed by atoms with Crippen molar-refractivity contribution in [3.05, 3.63) is 65.6 Å². The van der Waals surface area contributed by atoms with Crippen molar-refractivity contribution in [3.8, 4) is 11.5 Å². The van der Waals surface area contributed by atoms with Gasteiger partial charge in [0, 0.05) is 11.8 Å². The fraction of sp³-hybridized carbons (Fsp3) is 0.200. The lowest BCUT2D eigenvalue weighted by molar-refractivity contribution is 0.0439. The first-order valence-corrected chi connectivity index (χ1v) is 8.59. The minimum atomic E-state index is -0.491. The van der Waals surface area contributed by atoms with Gasteiger partial charge in [-0.25, -0.2) is 9.78 Å². The molecule has 7 heteroatoms. The first kappa shape index (κ1) is 17.0. The molecule has 0 unspecified atom stereocenters. The highest BCUT2D eigenvalue weighted by atomic mass is 16.5. The number of nitrogens with zero attached hydrogens (tertiary/aromatic N) is 3. The van der Waals surface area contributed by atoms with Crippen LogP contribution in [0.2, 0.25) is 0 Å². The highest BCUT2D eigenvalue weighted by Crippen LogP contribution is 2.26. The third-order valence-electron chi connectivity index (χ3n) is 4.07. The van der Waals surface area contributed by atoms with E-state index in [1.807, 2.05) is 50.2 Å². The van der Waals surface area contributed by atoms with Crippen LogP contribution in [0.4, 0.5) is 0 Å². The zero-order chi connectivity index (χ0) is 18.8. The van der Waals surface area contributed by atoms with Crippen LogP contribution in [-0.2, 0) is 17.8 Å². The molecule has 136 valence electrons. The number of aryl methyl sites for hydroxylation is 2. The number of hydrogen-bond acceptors (Lipinski definition) is 7. The van der Waals surface area contributed by atoms with Crippen molar-refractivity contribution in [2.24, 2.45) is 0 Å². The molecule has 7 nitrogen and oxygen atoms in total. The van der Waals surface area contributed by atoms with Crippen LogP contribution in [0.5, 0.6) is 0 Å². The summed E-state index contributed by atoms with van der Waals surface area (Å²) in [7, 11) is 0. The first-order valence-electron chi connectivity index (χ1n) is 8.59. The summed E-state index contributed by atoms with van der Waals surface area (Å²) in [5.74, 6) is 1.64. The summed E-state index contributed by atoms with van der Waals surface area (Å²) in [6, 6.07) is 12.7. The van der Waals surface area contributed by atoms with Crippen LogP contribution in [0, 0.1) is 6.92 Å². The Kier molecular flexibility index (Phi) is 4.42. The second-order valence-electron chi connectivity index (χ2n) is 6.00. The van der Waals surface area contributed by atoms with E-state index in [-0.39, 0.29) is 12.5 Å². The number of hydrogen-bond donors (Lipinski definition) is 0. The number of para-hydroxylation sites is 1. The van der Waals surface area contributed by atoms with Crippen molar-refractivity contribution in [3.63, 3.8) is 0 Å². The highest BCUT2D eigenvalue weighted by molar-refractivity contribution is 6.04. The molecule has 3 aromatic heterocycles. The van der Waals surface area contributed by atoms with E-state index >= 15 is 0 Å². The Balaban J connectivity index is 1.67. The van der Waals surface area contributed by atoms with Crippen LogP contribution in [0.3, 0.4) is 0 Å². The van der Waals surface area contributed by atoms with Crippen LogP contribution >= 0.6 is 0 Å². The molecule has 0 aliphatic carbocycles. The first-order chi connectivity index (χ1) is 13.1. The maximum Gasteiger partial charge on any atom is 0.339 e. The van der Waals surface area contributed by atoms with Crippen molar-refractivity contribution in [1.82, 2.24) is 15.2 Å². The molecule has 0 fully saturated rings. The van der Waals surface area contributed by atoms with Gasteiger partial charge in [0.25, 0.3) is 5.89 Å². The number of carbonyl (C=O) groups excluding carboxylic acids is 1. The fourth-order valence-electron chi connectivity index (χ4n) is 2.74. The zero-order valence-electron chi connectivity index (χ0n) is 14.9. The maximum atomic E-state index is 12.7. The lowest BCUT2D eigenvalue weighted by Crippen LogP contribution is -2.07. The normalized spacial score (nSPS) is 11.0. The Morgan fingerprint density at radius 1 is 1.07 bits per heavy atom. The summed E-state index contributed by atoms with van der Waals surface area (Å²) in [5, 5.41) is 8.43. The minimum absolute atomic E-state index is 0.0856. The molecule has 0 spiro atoms. The summed E-state index contributed by atoms with van der Waals surface area (Å²) >= 11 is 0. The van der Waals surface area contributed by atoms with E-state index in [0.29, 0.717) is 40.2 Å². The molecule has 0 aliphatic rings. The second-order valence-corrected chi connectivity index (χ2v) is 6.00. The van der Waals surface area contributed by atoms with Gasteiger partial charge < -0.3 is 13.6 Å². The molecule has 4 rings (SSSR count). The molecule has 0 bridgehead atoms. The van der Waals surface area contributed by atoms with Crippen LogP contribution < -0.4 is 0 Å². The second kappa shape index (κ2) is 7.03. The van der Waals surface area contributed by atoms with Gasteiger partial charge in [0.2, 0.25) is 5.89 Å². The van der Waals surface area contributed by atoms with Gasteiger partial charge in [-0.15, -0.1) is 10.2 Å². The SMILES string of the molecule is CCc1nnc(COC(=O)c2cc(-c3ccc(C)o3)nc3ccccc23)o1.